The lowest BCUT2D eigenvalue weighted by molar-refractivity contribution is -0.114. The standard InChI is InChI=1S/C23H25N5O2S2/c1-15-20(13-29)21(23(32-15)25-14-31)22(18-6-8-19(9-7-18)26-16(2)30)27-28(3)12-17-5-4-10-24-11-17/h4-11,14,29H,12-13H2,1-3H3,(H,25,31)(H,26,30)/b27-22-. The average molecular weight is 468 g/mol. The van der Waals surface area contributed by atoms with Crippen LogP contribution in [-0.4, -0.2) is 39.3 Å². The number of aryl methyl sites for hydroxylation is 1. The fourth-order valence-corrected chi connectivity index (χ4v) is 4.53. The minimum atomic E-state index is -0.133. The Morgan fingerprint density at radius 3 is 2.66 bits per heavy atom. The molecule has 0 atom stereocenters. The van der Waals surface area contributed by atoms with Gasteiger partial charge in [-0.15, -0.1) is 11.3 Å². The minimum Gasteiger partial charge on any atom is -0.392 e. The zero-order valence-corrected chi connectivity index (χ0v) is 19.8. The van der Waals surface area contributed by atoms with E-state index in [1.807, 2.05) is 55.4 Å². The summed E-state index contributed by atoms with van der Waals surface area (Å²) in [5.41, 5.74) is 6.32. The van der Waals surface area contributed by atoms with Crippen molar-refractivity contribution in [2.45, 2.75) is 27.0 Å². The number of aromatic nitrogens is 1. The molecule has 9 heteroatoms. The second kappa shape index (κ2) is 10.9. The van der Waals surface area contributed by atoms with Crippen LogP contribution in [0.1, 0.15) is 34.1 Å². The minimum absolute atomic E-state index is 0.119. The van der Waals surface area contributed by atoms with Gasteiger partial charge in [0.15, 0.2) is 0 Å². The van der Waals surface area contributed by atoms with Gasteiger partial charge < -0.3 is 15.7 Å². The van der Waals surface area contributed by atoms with E-state index >= 15 is 0 Å². The molecule has 0 aliphatic rings. The molecule has 0 saturated heterocycles. The van der Waals surface area contributed by atoms with Crippen LogP contribution < -0.4 is 10.6 Å². The van der Waals surface area contributed by atoms with Gasteiger partial charge in [-0.05, 0) is 30.7 Å². The highest BCUT2D eigenvalue weighted by Crippen LogP contribution is 2.35. The smallest absolute Gasteiger partial charge is 0.221 e. The molecule has 3 aromatic rings. The van der Waals surface area contributed by atoms with Crippen LogP contribution in [0.25, 0.3) is 0 Å². The monoisotopic (exact) mass is 467 g/mol. The van der Waals surface area contributed by atoms with Crippen molar-refractivity contribution in [2.75, 3.05) is 17.7 Å². The van der Waals surface area contributed by atoms with Gasteiger partial charge in [0.05, 0.1) is 18.6 Å². The molecule has 0 spiro atoms. The molecule has 2 heterocycles. The van der Waals surface area contributed by atoms with Crippen molar-refractivity contribution in [3.05, 3.63) is 75.9 Å². The first-order valence-corrected chi connectivity index (χ1v) is 11.2. The molecular formula is C23H25N5O2S2. The van der Waals surface area contributed by atoms with Crippen LogP contribution in [0.2, 0.25) is 0 Å². The normalized spacial score (nSPS) is 11.2. The first-order chi connectivity index (χ1) is 15.4. The van der Waals surface area contributed by atoms with Gasteiger partial charge in [0, 0.05) is 53.6 Å². The molecule has 166 valence electrons. The van der Waals surface area contributed by atoms with E-state index in [2.05, 4.69) is 15.6 Å². The molecule has 2 aromatic heterocycles. The molecule has 1 amide bonds. The number of amides is 1. The van der Waals surface area contributed by atoms with Gasteiger partial charge in [0.25, 0.3) is 0 Å². The average Bonchev–Trinajstić information content (AvgIpc) is 3.08. The fourth-order valence-electron chi connectivity index (χ4n) is 3.30. The van der Waals surface area contributed by atoms with Crippen LogP contribution in [0.3, 0.4) is 0 Å². The molecule has 7 nitrogen and oxygen atoms in total. The molecule has 0 radical (unpaired) electrons. The highest BCUT2D eigenvalue weighted by molar-refractivity contribution is 7.79. The molecule has 0 bridgehead atoms. The maximum absolute atomic E-state index is 11.4. The molecule has 0 aliphatic heterocycles. The summed E-state index contributed by atoms with van der Waals surface area (Å²) in [4.78, 5) is 16.5. The number of hydrogen-bond donors (Lipinski definition) is 3. The molecule has 3 rings (SSSR count). The number of hydrogen-bond acceptors (Lipinski definition) is 7. The number of thiophene rings is 1. The molecule has 0 unspecified atom stereocenters. The number of thiocarbonyl (C=S) groups is 1. The Kier molecular flexibility index (Phi) is 8.04. The van der Waals surface area contributed by atoms with Gasteiger partial charge in [0.1, 0.15) is 10.7 Å². The Morgan fingerprint density at radius 1 is 1.31 bits per heavy atom. The van der Waals surface area contributed by atoms with E-state index < -0.39 is 0 Å². The number of anilines is 2. The molecule has 0 saturated carbocycles. The summed E-state index contributed by atoms with van der Waals surface area (Å²) in [5.74, 6) is -0.133. The van der Waals surface area contributed by atoms with Gasteiger partial charge in [0.2, 0.25) is 5.91 Å². The number of aliphatic hydroxyl groups excluding tert-OH is 1. The number of hydrazone groups is 1. The maximum atomic E-state index is 11.4. The number of benzene rings is 1. The summed E-state index contributed by atoms with van der Waals surface area (Å²) in [6.07, 6.45) is 3.54. The molecule has 0 aliphatic carbocycles. The Labute approximate surface area is 196 Å². The number of aliphatic hydroxyl groups is 1. The van der Waals surface area contributed by atoms with Crippen molar-refractivity contribution >= 4 is 51.4 Å². The molecule has 0 fully saturated rings. The van der Waals surface area contributed by atoms with Gasteiger partial charge in [-0.3, -0.25) is 14.8 Å². The first-order valence-electron chi connectivity index (χ1n) is 9.93. The maximum Gasteiger partial charge on any atom is 0.221 e. The largest absolute Gasteiger partial charge is 0.392 e. The second-order valence-corrected chi connectivity index (χ2v) is 8.61. The van der Waals surface area contributed by atoms with Crippen LogP contribution in [0.15, 0.2) is 53.9 Å². The molecular weight excluding hydrogens is 442 g/mol. The van der Waals surface area contributed by atoms with Crippen molar-refractivity contribution < 1.29 is 9.90 Å². The third-order valence-corrected chi connectivity index (χ3v) is 5.87. The quantitative estimate of drug-likeness (QED) is 0.249. The van der Waals surface area contributed by atoms with E-state index in [0.717, 1.165) is 32.1 Å². The predicted octanol–water partition coefficient (Wildman–Crippen LogP) is 4.16. The summed E-state index contributed by atoms with van der Waals surface area (Å²) >= 11 is 6.55. The third kappa shape index (κ3) is 5.76. The van der Waals surface area contributed by atoms with Crippen molar-refractivity contribution in [3.8, 4) is 0 Å². The van der Waals surface area contributed by atoms with Gasteiger partial charge in [-0.1, -0.05) is 30.4 Å². The lowest BCUT2D eigenvalue weighted by atomic mass is 9.99. The van der Waals surface area contributed by atoms with E-state index in [1.165, 1.54) is 23.8 Å². The van der Waals surface area contributed by atoms with Crippen LogP contribution in [-0.2, 0) is 17.9 Å². The second-order valence-electron chi connectivity index (χ2n) is 7.15. The highest BCUT2D eigenvalue weighted by Gasteiger charge is 2.22. The van der Waals surface area contributed by atoms with Crippen LogP contribution in [0.5, 0.6) is 0 Å². The zero-order chi connectivity index (χ0) is 23.1. The summed E-state index contributed by atoms with van der Waals surface area (Å²) in [5, 5.41) is 23.6. The summed E-state index contributed by atoms with van der Waals surface area (Å²) in [6, 6.07) is 11.3. The summed E-state index contributed by atoms with van der Waals surface area (Å²) in [7, 11) is 1.89. The van der Waals surface area contributed by atoms with Crippen LogP contribution >= 0.6 is 23.6 Å². The number of nitrogens with zero attached hydrogens (tertiary/aromatic N) is 3. The van der Waals surface area contributed by atoms with E-state index in [0.29, 0.717) is 17.9 Å². The van der Waals surface area contributed by atoms with E-state index in [-0.39, 0.29) is 12.5 Å². The Bertz CT molecular complexity index is 1110. The predicted molar refractivity (Wildman–Crippen MR) is 134 cm³/mol. The SMILES string of the molecule is CC(=O)Nc1ccc(/C(=N/N(C)Cc2cccnc2)c2c(NC=S)sc(C)c2CO)cc1. The molecule has 3 N–H and O–H groups in total. The number of nitrogens with one attached hydrogen (secondary N) is 2. The first kappa shape index (κ1) is 23.5. The topological polar surface area (TPSA) is 89.9 Å². The zero-order valence-electron chi connectivity index (χ0n) is 18.1. The number of carbonyl (C=O) groups is 1. The highest BCUT2D eigenvalue weighted by atomic mass is 32.1. The van der Waals surface area contributed by atoms with Crippen molar-refractivity contribution in [1.29, 1.82) is 0 Å². The van der Waals surface area contributed by atoms with Gasteiger partial charge in [-0.2, -0.15) is 5.10 Å². The van der Waals surface area contributed by atoms with Crippen LogP contribution in [0, 0.1) is 6.92 Å². The lowest BCUT2D eigenvalue weighted by Gasteiger charge is -2.18. The number of carbonyl (C=O) groups excluding carboxylic acids is 1. The fraction of sp³-hybridized carbons (Fsp3) is 0.217. The summed E-state index contributed by atoms with van der Waals surface area (Å²) in [6.45, 7) is 3.88. The lowest BCUT2D eigenvalue weighted by Crippen LogP contribution is -2.17. The number of pyridine rings is 1. The molecule has 1 aromatic carbocycles. The van der Waals surface area contributed by atoms with Crippen LogP contribution in [0.4, 0.5) is 10.7 Å². The van der Waals surface area contributed by atoms with E-state index in [9.17, 15) is 9.90 Å². The van der Waals surface area contributed by atoms with E-state index in [4.69, 9.17) is 17.3 Å². The van der Waals surface area contributed by atoms with Crippen molar-refractivity contribution in [2.24, 2.45) is 5.10 Å². The summed E-state index contributed by atoms with van der Waals surface area (Å²) < 4.78 is 0. The van der Waals surface area contributed by atoms with Gasteiger partial charge in [-0.25, -0.2) is 0 Å². The Balaban J connectivity index is 2.09. The van der Waals surface area contributed by atoms with Crippen molar-refractivity contribution in [1.82, 2.24) is 9.99 Å². The van der Waals surface area contributed by atoms with Gasteiger partial charge >= 0.3 is 0 Å². The number of rotatable bonds is 9. The third-order valence-electron chi connectivity index (χ3n) is 4.68. The molecule has 32 heavy (non-hydrogen) atoms. The Hall–Kier alpha value is -3.14. The van der Waals surface area contributed by atoms with E-state index in [1.54, 1.807) is 12.4 Å². The van der Waals surface area contributed by atoms with Crippen molar-refractivity contribution in [3.63, 3.8) is 0 Å². The Morgan fingerprint density at radius 2 is 2.06 bits per heavy atom.